The number of nitrogens with two attached hydrogens (primary N) is 1. The first-order valence-electron chi connectivity index (χ1n) is 16.3. The molecule has 0 saturated carbocycles. The lowest BCUT2D eigenvalue weighted by molar-refractivity contribution is 0.107. The SMILES string of the molecule is C[C@H]1Cc2c(F)c(-c3ccc(F)c4sc(N)c(C#N)c34)c(F)c3nc(OC[C@@]45CCCN4C[C@H](F)C5)nc(c23)N2C[C@H]3CC[C@H](N3)[C@H]12. The molecule has 47 heavy (non-hydrogen) atoms. The molecule has 244 valence electrons. The Labute approximate surface area is 272 Å². The Morgan fingerprint density at radius 2 is 2.02 bits per heavy atom. The van der Waals surface area contributed by atoms with Gasteiger partial charge in [0.1, 0.15) is 46.8 Å². The molecule has 0 aliphatic carbocycles. The van der Waals surface area contributed by atoms with Crippen LogP contribution in [0.3, 0.4) is 0 Å². The second-order valence-electron chi connectivity index (χ2n) is 14.0. The van der Waals surface area contributed by atoms with E-state index in [0.29, 0.717) is 37.1 Å². The van der Waals surface area contributed by atoms with E-state index in [1.807, 2.05) is 6.07 Å². The van der Waals surface area contributed by atoms with Gasteiger partial charge in [-0.3, -0.25) is 4.90 Å². The van der Waals surface area contributed by atoms with Crippen molar-refractivity contribution in [1.29, 1.82) is 5.26 Å². The van der Waals surface area contributed by atoms with Gasteiger partial charge in [0.2, 0.25) is 0 Å². The molecule has 0 spiro atoms. The van der Waals surface area contributed by atoms with Crippen molar-refractivity contribution in [3.8, 4) is 23.2 Å². The second-order valence-corrected chi connectivity index (χ2v) is 15.1. The maximum absolute atomic E-state index is 17.1. The molecule has 4 aromatic rings. The number of fused-ring (bicyclic) bond motifs is 7. The van der Waals surface area contributed by atoms with Gasteiger partial charge < -0.3 is 20.7 Å². The van der Waals surface area contributed by atoms with Crippen LogP contribution >= 0.6 is 11.3 Å². The molecule has 2 aromatic carbocycles. The fourth-order valence-corrected chi connectivity index (χ4v) is 10.4. The summed E-state index contributed by atoms with van der Waals surface area (Å²) in [6.07, 6.45) is 3.41. The highest BCUT2D eigenvalue weighted by molar-refractivity contribution is 7.23. The lowest BCUT2D eigenvalue weighted by Crippen LogP contribution is -2.60. The van der Waals surface area contributed by atoms with Crippen LogP contribution in [-0.2, 0) is 6.42 Å². The van der Waals surface area contributed by atoms with Gasteiger partial charge in [-0.2, -0.15) is 15.2 Å². The number of ether oxygens (including phenoxy) is 1. The first-order chi connectivity index (χ1) is 22.7. The maximum atomic E-state index is 17.1. The fraction of sp³-hybridized carbons (Fsp3) is 0.500. The van der Waals surface area contributed by atoms with Gasteiger partial charge in [-0.15, -0.1) is 11.3 Å². The maximum Gasteiger partial charge on any atom is 0.319 e. The number of rotatable bonds is 4. The van der Waals surface area contributed by atoms with Gasteiger partial charge in [0.25, 0.3) is 0 Å². The van der Waals surface area contributed by atoms with Gasteiger partial charge in [0.15, 0.2) is 5.82 Å². The Bertz CT molecular complexity index is 2030. The van der Waals surface area contributed by atoms with E-state index in [1.165, 1.54) is 6.07 Å². The fourth-order valence-electron chi connectivity index (χ4n) is 9.41. The Morgan fingerprint density at radius 3 is 2.85 bits per heavy atom. The van der Waals surface area contributed by atoms with Crippen LogP contribution in [0.4, 0.5) is 28.4 Å². The molecule has 9 rings (SSSR count). The van der Waals surface area contributed by atoms with Crippen LogP contribution < -0.4 is 20.7 Å². The predicted molar refractivity (Wildman–Crippen MR) is 172 cm³/mol. The highest BCUT2D eigenvalue weighted by Gasteiger charge is 2.50. The van der Waals surface area contributed by atoms with E-state index in [4.69, 9.17) is 15.5 Å². The zero-order valence-corrected chi connectivity index (χ0v) is 26.6. The number of nitrogens with one attached hydrogen (secondary N) is 1. The summed E-state index contributed by atoms with van der Waals surface area (Å²) < 4.78 is 70.1. The Morgan fingerprint density at radius 1 is 1.17 bits per heavy atom. The number of halogens is 4. The summed E-state index contributed by atoms with van der Waals surface area (Å²) in [4.78, 5) is 13.8. The molecule has 0 amide bonds. The van der Waals surface area contributed by atoms with Gasteiger partial charge in [0.05, 0.1) is 26.8 Å². The predicted octanol–water partition coefficient (Wildman–Crippen LogP) is 5.84. The molecule has 5 aliphatic rings. The van der Waals surface area contributed by atoms with Crippen LogP contribution in [0.2, 0.25) is 0 Å². The number of benzene rings is 2. The third-order valence-electron chi connectivity index (χ3n) is 11.4. The third kappa shape index (κ3) is 4.17. The van der Waals surface area contributed by atoms with E-state index in [9.17, 15) is 14.0 Å². The van der Waals surface area contributed by atoms with Crippen LogP contribution in [0.1, 0.15) is 50.2 Å². The highest BCUT2D eigenvalue weighted by Crippen LogP contribution is 2.49. The van der Waals surface area contributed by atoms with Crippen molar-refractivity contribution in [2.45, 2.75) is 75.3 Å². The summed E-state index contributed by atoms with van der Waals surface area (Å²) in [5, 5.41) is 14.1. The van der Waals surface area contributed by atoms with Crippen LogP contribution in [0, 0.1) is 34.7 Å². The van der Waals surface area contributed by atoms with Crippen molar-refractivity contribution in [3.63, 3.8) is 0 Å². The van der Waals surface area contributed by atoms with E-state index in [-0.39, 0.29) is 79.5 Å². The van der Waals surface area contributed by atoms with Crippen LogP contribution in [-0.4, -0.2) is 70.9 Å². The Kier molecular flexibility index (Phi) is 6.50. The number of aromatic nitrogens is 2. The summed E-state index contributed by atoms with van der Waals surface area (Å²) >= 11 is 0.875. The molecule has 6 atom stereocenters. The van der Waals surface area contributed by atoms with Gasteiger partial charge in [0, 0.05) is 48.6 Å². The van der Waals surface area contributed by atoms with Crippen LogP contribution in [0.15, 0.2) is 12.1 Å². The molecule has 0 unspecified atom stereocenters. The number of anilines is 2. The summed E-state index contributed by atoms with van der Waals surface area (Å²) in [7, 11) is 0. The first kappa shape index (κ1) is 29.4. The molecule has 3 N–H and O–H groups in total. The monoisotopic (exact) mass is 663 g/mol. The van der Waals surface area contributed by atoms with Crippen molar-refractivity contribution >= 4 is 43.1 Å². The van der Waals surface area contributed by atoms with E-state index < -0.39 is 29.2 Å². The number of hydrogen-bond acceptors (Lipinski definition) is 9. The van der Waals surface area contributed by atoms with Crippen molar-refractivity contribution < 1.29 is 22.3 Å². The molecule has 2 aromatic heterocycles. The number of nitriles is 1. The summed E-state index contributed by atoms with van der Waals surface area (Å²) in [6.45, 7) is 4.02. The molecule has 8 nitrogen and oxygen atoms in total. The number of thiophene rings is 1. The molecule has 0 radical (unpaired) electrons. The zero-order chi connectivity index (χ0) is 32.4. The molecule has 7 heterocycles. The standard InChI is InChI=1S/C34H33F4N7OS/c1-15-9-19-25-28(27(38)24(26(19)37)18-4-5-21(36)30-23(18)20(11-39)31(40)47-30)42-33(46-14-34-7-2-8-44(34)12-16(35)10-34)43-32(25)45-13-17-3-6-22(41-17)29(15)45/h4-5,15-17,22,29,41H,2-3,6-10,12-14,40H2,1H3/t15-,16+,17+,22-,29-,34-/m0/s1. The largest absolute Gasteiger partial charge is 0.461 e. The normalized spacial score (nSPS) is 29.7. The minimum atomic E-state index is -0.942. The van der Waals surface area contributed by atoms with Crippen molar-refractivity contribution in [2.24, 2.45) is 5.92 Å². The highest BCUT2D eigenvalue weighted by atomic mass is 32.1. The smallest absolute Gasteiger partial charge is 0.319 e. The number of alkyl halides is 1. The van der Waals surface area contributed by atoms with Crippen molar-refractivity contribution in [1.82, 2.24) is 20.2 Å². The zero-order valence-electron chi connectivity index (χ0n) is 25.8. The van der Waals surface area contributed by atoms with Crippen molar-refractivity contribution in [3.05, 3.63) is 40.7 Å². The molecule has 4 saturated heterocycles. The molecular weight excluding hydrogens is 630 g/mol. The molecule has 5 aliphatic heterocycles. The van der Waals surface area contributed by atoms with Gasteiger partial charge in [-0.1, -0.05) is 13.0 Å². The lowest BCUT2D eigenvalue weighted by atomic mass is 9.86. The lowest BCUT2D eigenvalue weighted by Gasteiger charge is -2.43. The van der Waals surface area contributed by atoms with E-state index in [2.05, 4.69) is 27.0 Å². The van der Waals surface area contributed by atoms with E-state index >= 15 is 8.78 Å². The van der Waals surface area contributed by atoms with E-state index in [0.717, 1.165) is 49.6 Å². The minimum Gasteiger partial charge on any atom is -0.461 e. The topological polar surface area (TPSA) is 103 Å². The van der Waals surface area contributed by atoms with Gasteiger partial charge in [-0.25, -0.2) is 17.6 Å². The molecule has 2 bridgehead atoms. The minimum absolute atomic E-state index is 0.0210. The quantitative estimate of drug-likeness (QED) is 0.263. The van der Waals surface area contributed by atoms with Crippen molar-refractivity contribution in [2.75, 3.05) is 36.9 Å². The number of piperazine rings is 1. The van der Waals surface area contributed by atoms with Crippen LogP contribution in [0.25, 0.3) is 32.1 Å². The summed E-state index contributed by atoms with van der Waals surface area (Å²) in [5.74, 6) is -1.94. The average molecular weight is 664 g/mol. The van der Waals surface area contributed by atoms with Gasteiger partial charge in [-0.05, 0) is 56.2 Å². The summed E-state index contributed by atoms with van der Waals surface area (Å²) in [6, 6.07) is 4.77. The molecule has 4 fully saturated rings. The molecular formula is C34H33F4N7OS. The number of nitrogens with zero attached hydrogens (tertiary/aromatic N) is 5. The Balaban J connectivity index is 1.28. The number of hydrogen-bond donors (Lipinski definition) is 2. The third-order valence-corrected chi connectivity index (χ3v) is 12.4. The van der Waals surface area contributed by atoms with E-state index in [1.54, 1.807) is 0 Å². The van der Waals surface area contributed by atoms with Crippen LogP contribution in [0.5, 0.6) is 6.01 Å². The second kappa shape index (κ2) is 10.4. The number of nitrogen functional groups attached to an aromatic ring is 1. The Hall–Kier alpha value is -3.73. The van der Waals surface area contributed by atoms with Gasteiger partial charge >= 0.3 is 6.01 Å². The molecule has 13 heteroatoms. The average Bonchev–Trinajstić information content (AvgIpc) is 3.77. The summed E-state index contributed by atoms with van der Waals surface area (Å²) in [5.41, 5.74) is 5.44. The first-order valence-corrected chi connectivity index (χ1v) is 17.2.